The summed E-state index contributed by atoms with van der Waals surface area (Å²) in [6, 6.07) is 14.2. The summed E-state index contributed by atoms with van der Waals surface area (Å²) in [5, 5.41) is 0. The lowest BCUT2D eigenvalue weighted by Crippen LogP contribution is -2.05. The Labute approximate surface area is 152 Å². The third-order valence-electron chi connectivity index (χ3n) is 3.35. The van der Waals surface area contributed by atoms with Crippen LogP contribution in [0.2, 0.25) is 0 Å². The molecule has 0 aliphatic carbocycles. The zero-order chi connectivity index (χ0) is 17.1. The van der Waals surface area contributed by atoms with E-state index in [4.69, 9.17) is 4.74 Å². The van der Waals surface area contributed by atoms with Gasteiger partial charge in [0.15, 0.2) is 5.70 Å². The smallest absolute Gasteiger partial charge is 0.363 e. The van der Waals surface area contributed by atoms with Crippen LogP contribution < -0.4 is 0 Å². The molecule has 0 N–H and O–H groups in total. The number of nitrogens with zero attached hydrogens (tertiary/aromatic N) is 1. The SMILES string of the molecule is COC(=O)c1ccc(C=C2N=C(c3ccc(I)cc3)OC2=O)cc1. The molecule has 120 valence electrons. The first-order chi connectivity index (χ1) is 11.6. The average molecular weight is 433 g/mol. The number of hydrogen-bond donors (Lipinski definition) is 0. The number of aliphatic imine (C=N–C) groups is 1. The van der Waals surface area contributed by atoms with E-state index in [2.05, 4.69) is 32.3 Å². The van der Waals surface area contributed by atoms with Gasteiger partial charge in [-0.1, -0.05) is 12.1 Å². The van der Waals surface area contributed by atoms with Gasteiger partial charge in [-0.2, -0.15) is 0 Å². The first-order valence-corrected chi connectivity index (χ1v) is 8.11. The van der Waals surface area contributed by atoms with Crippen LogP contribution in [0, 0.1) is 3.57 Å². The van der Waals surface area contributed by atoms with Crippen molar-refractivity contribution in [2.75, 3.05) is 7.11 Å². The van der Waals surface area contributed by atoms with Crippen molar-refractivity contribution in [2.45, 2.75) is 0 Å². The highest BCUT2D eigenvalue weighted by molar-refractivity contribution is 14.1. The molecule has 3 rings (SSSR count). The van der Waals surface area contributed by atoms with Gasteiger partial charge in [0.05, 0.1) is 12.7 Å². The summed E-state index contributed by atoms with van der Waals surface area (Å²) in [7, 11) is 1.33. The van der Waals surface area contributed by atoms with Gasteiger partial charge in [0.25, 0.3) is 0 Å². The van der Waals surface area contributed by atoms with Crippen LogP contribution in [-0.4, -0.2) is 24.9 Å². The molecule has 0 saturated carbocycles. The van der Waals surface area contributed by atoms with Crippen LogP contribution in [0.1, 0.15) is 21.5 Å². The van der Waals surface area contributed by atoms with E-state index >= 15 is 0 Å². The minimum absolute atomic E-state index is 0.217. The maximum atomic E-state index is 12.0. The molecule has 1 aliphatic rings. The van der Waals surface area contributed by atoms with E-state index < -0.39 is 11.9 Å². The summed E-state index contributed by atoms with van der Waals surface area (Å²) >= 11 is 2.20. The summed E-state index contributed by atoms with van der Waals surface area (Å²) in [4.78, 5) is 27.6. The third-order valence-corrected chi connectivity index (χ3v) is 4.07. The predicted molar refractivity (Wildman–Crippen MR) is 97.5 cm³/mol. The van der Waals surface area contributed by atoms with E-state index in [1.165, 1.54) is 7.11 Å². The molecular formula is C18H12INO4. The minimum Gasteiger partial charge on any atom is -0.465 e. The quantitative estimate of drug-likeness (QED) is 0.423. The Balaban J connectivity index is 1.85. The Morgan fingerprint density at radius 2 is 1.79 bits per heavy atom. The Morgan fingerprint density at radius 3 is 2.42 bits per heavy atom. The fourth-order valence-electron chi connectivity index (χ4n) is 2.12. The Kier molecular flexibility index (Phi) is 4.75. The molecule has 5 nitrogen and oxygen atoms in total. The minimum atomic E-state index is -0.499. The van der Waals surface area contributed by atoms with Gasteiger partial charge in [0.2, 0.25) is 5.90 Å². The zero-order valence-corrected chi connectivity index (χ0v) is 14.8. The molecule has 6 heteroatoms. The van der Waals surface area contributed by atoms with Gasteiger partial charge in [-0.25, -0.2) is 14.6 Å². The van der Waals surface area contributed by atoms with Gasteiger partial charge >= 0.3 is 11.9 Å². The molecule has 1 aliphatic heterocycles. The fourth-order valence-corrected chi connectivity index (χ4v) is 2.48. The number of carbonyl (C=O) groups excluding carboxylic acids is 2. The number of esters is 2. The number of benzene rings is 2. The molecule has 0 aromatic heterocycles. The number of carbonyl (C=O) groups is 2. The van der Waals surface area contributed by atoms with Crippen molar-refractivity contribution in [3.63, 3.8) is 0 Å². The van der Waals surface area contributed by atoms with Crippen molar-refractivity contribution in [3.05, 3.63) is 74.5 Å². The van der Waals surface area contributed by atoms with E-state index in [9.17, 15) is 9.59 Å². The van der Waals surface area contributed by atoms with Gasteiger partial charge in [-0.15, -0.1) is 0 Å². The monoisotopic (exact) mass is 433 g/mol. The van der Waals surface area contributed by atoms with E-state index in [1.807, 2.05) is 24.3 Å². The highest BCUT2D eigenvalue weighted by Crippen LogP contribution is 2.20. The third kappa shape index (κ3) is 3.53. The van der Waals surface area contributed by atoms with Crippen LogP contribution in [0.25, 0.3) is 6.08 Å². The van der Waals surface area contributed by atoms with Gasteiger partial charge in [-0.3, -0.25) is 0 Å². The van der Waals surface area contributed by atoms with Gasteiger partial charge in [-0.05, 0) is 70.6 Å². The van der Waals surface area contributed by atoms with Crippen LogP contribution >= 0.6 is 22.6 Å². The largest absolute Gasteiger partial charge is 0.465 e. The molecule has 2 aromatic carbocycles. The molecule has 2 aromatic rings. The summed E-state index contributed by atoms with van der Waals surface area (Å²) in [6.07, 6.45) is 1.61. The molecule has 0 bridgehead atoms. The maximum Gasteiger partial charge on any atom is 0.363 e. The van der Waals surface area contributed by atoms with Gasteiger partial charge in [0.1, 0.15) is 0 Å². The predicted octanol–water partition coefficient (Wildman–Crippen LogP) is 3.42. The molecule has 0 spiro atoms. The van der Waals surface area contributed by atoms with Crippen molar-refractivity contribution in [1.29, 1.82) is 0 Å². The second-order valence-corrected chi connectivity index (χ2v) is 6.20. The Morgan fingerprint density at radius 1 is 1.12 bits per heavy atom. The first kappa shape index (κ1) is 16.4. The second kappa shape index (κ2) is 6.96. The lowest BCUT2D eigenvalue weighted by Gasteiger charge is -1.99. The number of hydrogen-bond acceptors (Lipinski definition) is 5. The van der Waals surface area contributed by atoms with Crippen LogP contribution in [0.3, 0.4) is 0 Å². The lowest BCUT2D eigenvalue weighted by atomic mass is 10.1. The van der Waals surface area contributed by atoms with Crippen molar-refractivity contribution >= 4 is 46.5 Å². The lowest BCUT2D eigenvalue weighted by molar-refractivity contribution is -0.129. The molecule has 0 atom stereocenters. The number of ether oxygens (including phenoxy) is 2. The van der Waals surface area contributed by atoms with E-state index in [1.54, 1.807) is 30.3 Å². The summed E-state index contributed by atoms with van der Waals surface area (Å²) < 4.78 is 11.0. The first-order valence-electron chi connectivity index (χ1n) is 7.04. The standard InChI is InChI=1S/C18H12INO4/c1-23-17(21)13-4-2-11(3-5-13)10-15-18(22)24-16(20-15)12-6-8-14(19)9-7-12/h2-10H,1H3. The van der Waals surface area contributed by atoms with Gasteiger partial charge in [0, 0.05) is 9.13 Å². The van der Waals surface area contributed by atoms with E-state index in [0.29, 0.717) is 5.56 Å². The summed E-state index contributed by atoms with van der Waals surface area (Å²) in [5.74, 6) is -0.622. The highest BCUT2D eigenvalue weighted by Gasteiger charge is 2.24. The molecule has 0 unspecified atom stereocenters. The number of rotatable bonds is 3. The van der Waals surface area contributed by atoms with Crippen molar-refractivity contribution < 1.29 is 19.1 Å². The number of methoxy groups -OCH3 is 1. The van der Waals surface area contributed by atoms with Crippen LogP contribution in [0.15, 0.2) is 59.2 Å². The fraction of sp³-hybridized carbons (Fsp3) is 0.0556. The summed E-state index contributed by atoms with van der Waals surface area (Å²) in [5.41, 5.74) is 2.14. The van der Waals surface area contributed by atoms with E-state index in [0.717, 1.165) is 14.7 Å². The highest BCUT2D eigenvalue weighted by atomic mass is 127. The van der Waals surface area contributed by atoms with Gasteiger partial charge < -0.3 is 9.47 Å². The molecule has 1 heterocycles. The van der Waals surface area contributed by atoms with Crippen LogP contribution in [0.5, 0.6) is 0 Å². The molecule has 0 amide bonds. The summed E-state index contributed by atoms with van der Waals surface area (Å²) in [6.45, 7) is 0. The number of halogens is 1. The van der Waals surface area contributed by atoms with Crippen LogP contribution in [0.4, 0.5) is 0 Å². The zero-order valence-electron chi connectivity index (χ0n) is 12.7. The van der Waals surface area contributed by atoms with Crippen molar-refractivity contribution in [1.82, 2.24) is 0 Å². The van der Waals surface area contributed by atoms with Crippen LogP contribution in [-0.2, 0) is 14.3 Å². The topological polar surface area (TPSA) is 65.0 Å². The normalized spacial score (nSPS) is 15.2. The Bertz CT molecular complexity index is 852. The molecule has 0 radical (unpaired) electrons. The molecule has 24 heavy (non-hydrogen) atoms. The van der Waals surface area contributed by atoms with Crippen molar-refractivity contribution in [2.24, 2.45) is 4.99 Å². The second-order valence-electron chi connectivity index (χ2n) is 4.96. The Hall–Kier alpha value is -2.48. The van der Waals surface area contributed by atoms with Crippen molar-refractivity contribution in [3.8, 4) is 0 Å². The molecule has 0 fully saturated rings. The maximum absolute atomic E-state index is 12.0. The molecule has 0 saturated heterocycles. The average Bonchev–Trinajstić information content (AvgIpc) is 2.96. The van der Waals surface area contributed by atoms with E-state index in [-0.39, 0.29) is 11.6 Å². The number of cyclic esters (lactones) is 1. The molecular weight excluding hydrogens is 421 g/mol.